The SMILES string of the molecule is CC(C)CNC(=O)c1cc2cccnc2n(C)c1=O. The molecular weight excluding hydrogens is 242 g/mol. The Balaban J connectivity index is 2.47. The van der Waals surface area contributed by atoms with Gasteiger partial charge in [-0.1, -0.05) is 13.8 Å². The molecule has 0 unspecified atom stereocenters. The van der Waals surface area contributed by atoms with Crippen molar-refractivity contribution in [1.82, 2.24) is 14.9 Å². The molecular formula is C14H17N3O2. The van der Waals surface area contributed by atoms with Gasteiger partial charge in [-0.3, -0.25) is 14.2 Å². The zero-order valence-corrected chi connectivity index (χ0v) is 11.3. The molecule has 5 nitrogen and oxygen atoms in total. The Kier molecular flexibility index (Phi) is 3.64. The number of hydrogen-bond acceptors (Lipinski definition) is 3. The number of fused-ring (bicyclic) bond motifs is 1. The maximum absolute atomic E-state index is 12.1. The van der Waals surface area contributed by atoms with Crippen LogP contribution in [0.15, 0.2) is 29.2 Å². The topological polar surface area (TPSA) is 64.0 Å². The molecule has 2 aromatic heterocycles. The molecule has 2 rings (SSSR count). The highest BCUT2D eigenvalue weighted by Crippen LogP contribution is 2.09. The average molecular weight is 259 g/mol. The molecule has 2 aromatic rings. The summed E-state index contributed by atoms with van der Waals surface area (Å²) in [6.45, 7) is 4.55. The van der Waals surface area contributed by atoms with Gasteiger partial charge < -0.3 is 5.32 Å². The highest BCUT2D eigenvalue weighted by molar-refractivity contribution is 5.96. The van der Waals surface area contributed by atoms with Crippen molar-refractivity contribution in [2.24, 2.45) is 13.0 Å². The van der Waals surface area contributed by atoms with Crippen molar-refractivity contribution in [3.63, 3.8) is 0 Å². The molecule has 5 heteroatoms. The molecule has 0 aromatic carbocycles. The van der Waals surface area contributed by atoms with Crippen molar-refractivity contribution in [3.05, 3.63) is 40.3 Å². The van der Waals surface area contributed by atoms with Crippen LogP contribution in [0, 0.1) is 5.92 Å². The minimum atomic E-state index is -0.333. The summed E-state index contributed by atoms with van der Waals surface area (Å²) < 4.78 is 1.40. The molecule has 0 bridgehead atoms. The first kappa shape index (κ1) is 13.3. The predicted molar refractivity (Wildman–Crippen MR) is 74.2 cm³/mol. The van der Waals surface area contributed by atoms with E-state index in [2.05, 4.69) is 10.3 Å². The summed E-state index contributed by atoms with van der Waals surface area (Å²) in [7, 11) is 1.62. The quantitative estimate of drug-likeness (QED) is 0.904. The van der Waals surface area contributed by atoms with E-state index in [4.69, 9.17) is 0 Å². The Morgan fingerprint density at radius 3 is 2.89 bits per heavy atom. The van der Waals surface area contributed by atoms with E-state index in [1.165, 1.54) is 4.57 Å². The standard InChI is InChI=1S/C14H17N3O2/c1-9(2)8-16-13(18)11-7-10-5-4-6-15-12(10)17(3)14(11)19/h4-7,9H,8H2,1-3H3,(H,16,18). The lowest BCUT2D eigenvalue weighted by atomic mass is 10.1. The normalized spacial score (nSPS) is 10.9. The van der Waals surface area contributed by atoms with Crippen molar-refractivity contribution in [2.45, 2.75) is 13.8 Å². The van der Waals surface area contributed by atoms with Gasteiger partial charge in [-0.15, -0.1) is 0 Å². The van der Waals surface area contributed by atoms with Crippen molar-refractivity contribution in [3.8, 4) is 0 Å². The summed E-state index contributed by atoms with van der Waals surface area (Å²) >= 11 is 0. The van der Waals surface area contributed by atoms with Gasteiger partial charge in [-0.25, -0.2) is 4.98 Å². The second-order valence-electron chi connectivity index (χ2n) is 4.94. The van der Waals surface area contributed by atoms with E-state index in [9.17, 15) is 9.59 Å². The van der Waals surface area contributed by atoms with Gasteiger partial charge in [0, 0.05) is 25.2 Å². The maximum atomic E-state index is 12.1. The van der Waals surface area contributed by atoms with Crippen LogP contribution >= 0.6 is 0 Å². The minimum Gasteiger partial charge on any atom is -0.352 e. The molecule has 0 saturated carbocycles. The van der Waals surface area contributed by atoms with Gasteiger partial charge in [-0.2, -0.15) is 0 Å². The molecule has 1 N–H and O–H groups in total. The minimum absolute atomic E-state index is 0.156. The zero-order chi connectivity index (χ0) is 14.0. The van der Waals surface area contributed by atoms with E-state index in [0.29, 0.717) is 18.1 Å². The summed E-state index contributed by atoms with van der Waals surface area (Å²) in [6.07, 6.45) is 1.63. The molecule has 2 heterocycles. The molecule has 0 aliphatic carbocycles. The number of nitrogens with zero attached hydrogens (tertiary/aromatic N) is 2. The molecule has 0 radical (unpaired) electrons. The fraction of sp³-hybridized carbons (Fsp3) is 0.357. The summed E-state index contributed by atoms with van der Waals surface area (Å²) in [4.78, 5) is 28.3. The van der Waals surface area contributed by atoms with Gasteiger partial charge in [0.05, 0.1) is 0 Å². The van der Waals surface area contributed by atoms with Gasteiger partial charge in [0.15, 0.2) is 0 Å². The van der Waals surface area contributed by atoms with E-state index in [1.807, 2.05) is 19.9 Å². The molecule has 0 fully saturated rings. The van der Waals surface area contributed by atoms with Gasteiger partial charge in [0.1, 0.15) is 11.2 Å². The maximum Gasteiger partial charge on any atom is 0.264 e. The molecule has 0 spiro atoms. The largest absolute Gasteiger partial charge is 0.352 e. The molecule has 0 saturated heterocycles. The van der Waals surface area contributed by atoms with Crippen molar-refractivity contribution >= 4 is 16.9 Å². The van der Waals surface area contributed by atoms with Gasteiger partial charge >= 0.3 is 0 Å². The van der Waals surface area contributed by atoms with E-state index in [1.54, 1.807) is 25.4 Å². The van der Waals surface area contributed by atoms with Crippen LogP contribution in [0.5, 0.6) is 0 Å². The van der Waals surface area contributed by atoms with Crippen LogP contribution in [0.1, 0.15) is 24.2 Å². The van der Waals surface area contributed by atoms with Gasteiger partial charge in [0.25, 0.3) is 11.5 Å². The lowest BCUT2D eigenvalue weighted by Crippen LogP contribution is -2.34. The fourth-order valence-electron chi connectivity index (χ4n) is 1.85. The highest BCUT2D eigenvalue weighted by Gasteiger charge is 2.14. The number of aryl methyl sites for hydroxylation is 1. The fourth-order valence-corrected chi connectivity index (χ4v) is 1.85. The highest BCUT2D eigenvalue weighted by atomic mass is 16.2. The Labute approximate surface area is 111 Å². The monoisotopic (exact) mass is 259 g/mol. The first-order valence-electron chi connectivity index (χ1n) is 6.23. The number of aromatic nitrogens is 2. The van der Waals surface area contributed by atoms with Gasteiger partial charge in [0.2, 0.25) is 0 Å². The number of carbonyl (C=O) groups excluding carboxylic acids is 1. The van der Waals surface area contributed by atoms with Crippen LogP contribution in [0.2, 0.25) is 0 Å². The molecule has 0 aliphatic heterocycles. The second kappa shape index (κ2) is 5.22. The molecule has 0 aliphatic rings. The third kappa shape index (κ3) is 2.65. The number of rotatable bonds is 3. The van der Waals surface area contributed by atoms with E-state index in [-0.39, 0.29) is 17.0 Å². The molecule has 1 amide bonds. The van der Waals surface area contributed by atoms with E-state index < -0.39 is 0 Å². The third-order valence-electron chi connectivity index (χ3n) is 2.88. The van der Waals surface area contributed by atoms with Crippen LogP contribution in [0.4, 0.5) is 0 Å². The Bertz CT molecular complexity index is 674. The molecule has 100 valence electrons. The van der Waals surface area contributed by atoms with E-state index in [0.717, 1.165) is 5.39 Å². The Hall–Kier alpha value is -2.17. The summed E-state index contributed by atoms with van der Waals surface area (Å²) in [5, 5.41) is 3.54. The number of hydrogen-bond donors (Lipinski definition) is 1. The number of nitrogens with one attached hydrogen (secondary N) is 1. The zero-order valence-electron chi connectivity index (χ0n) is 11.3. The number of pyridine rings is 2. The van der Waals surface area contributed by atoms with Crippen molar-refractivity contribution in [1.29, 1.82) is 0 Å². The van der Waals surface area contributed by atoms with Crippen LogP contribution in [0.25, 0.3) is 11.0 Å². The number of carbonyl (C=O) groups is 1. The second-order valence-corrected chi connectivity index (χ2v) is 4.94. The van der Waals surface area contributed by atoms with Crippen LogP contribution < -0.4 is 10.9 Å². The smallest absolute Gasteiger partial charge is 0.264 e. The van der Waals surface area contributed by atoms with Crippen molar-refractivity contribution < 1.29 is 4.79 Å². The Morgan fingerprint density at radius 1 is 1.47 bits per heavy atom. The van der Waals surface area contributed by atoms with Crippen molar-refractivity contribution in [2.75, 3.05) is 6.54 Å². The lowest BCUT2D eigenvalue weighted by molar-refractivity contribution is 0.0947. The summed E-state index contributed by atoms with van der Waals surface area (Å²) in [6, 6.07) is 5.21. The molecule has 19 heavy (non-hydrogen) atoms. The third-order valence-corrected chi connectivity index (χ3v) is 2.88. The summed E-state index contributed by atoms with van der Waals surface area (Å²) in [5.41, 5.74) is 0.406. The van der Waals surface area contributed by atoms with Crippen LogP contribution in [0.3, 0.4) is 0 Å². The number of amides is 1. The summed E-state index contributed by atoms with van der Waals surface area (Å²) in [5.74, 6) is 0.00924. The Morgan fingerprint density at radius 2 is 2.21 bits per heavy atom. The van der Waals surface area contributed by atoms with E-state index >= 15 is 0 Å². The first-order valence-corrected chi connectivity index (χ1v) is 6.23. The first-order chi connectivity index (χ1) is 9.00. The van der Waals surface area contributed by atoms with Crippen LogP contribution in [-0.2, 0) is 7.05 Å². The van der Waals surface area contributed by atoms with Gasteiger partial charge in [-0.05, 0) is 24.1 Å². The lowest BCUT2D eigenvalue weighted by Gasteiger charge is -2.09. The average Bonchev–Trinajstić information content (AvgIpc) is 2.40. The molecule has 0 atom stereocenters. The predicted octanol–water partition coefficient (Wildman–Crippen LogP) is 1.32. The van der Waals surface area contributed by atoms with Crippen LogP contribution in [-0.4, -0.2) is 22.0 Å².